The monoisotopic (exact) mass is 578 g/mol. The van der Waals surface area contributed by atoms with E-state index in [2.05, 4.69) is 40.7 Å². The van der Waals surface area contributed by atoms with Crippen LogP contribution in [0.4, 0.5) is 4.79 Å². The molecule has 5 aliphatic carbocycles. The predicted octanol–water partition coefficient (Wildman–Crippen LogP) is 8.06. The fraction of sp³-hybridized carbons (Fsp3) is 0.833. The second-order valence-corrected chi connectivity index (χ2v) is 18.1. The Balaban J connectivity index is 1.62. The molecule has 6 heteroatoms. The molecule has 6 nitrogen and oxygen atoms in total. The lowest BCUT2D eigenvalue weighted by Gasteiger charge is -2.72. The normalized spacial score (nSPS) is 44.0. The SMILES string of the molecule is CC1(C)CC[C@]2(CN(C(=O)O)C(C)(C)C)CC[C@]3(C)[C@H](C(=O)CC4[C@@]5(C)C=C(C#N)C(=O)C(C)(C)C5CC[C@]43C)[C@@H]2C1. The van der Waals surface area contributed by atoms with Crippen LogP contribution in [0, 0.1) is 67.5 Å². The maximum absolute atomic E-state index is 14.8. The summed E-state index contributed by atoms with van der Waals surface area (Å²) in [6, 6.07) is 2.22. The van der Waals surface area contributed by atoms with Gasteiger partial charge in [0.25, 0.3) is 0 Å². The van der Waals surface area contributed by atoms with Crippen molar-refractivity contribution in [2.24, 2.45) is 56.2 Å². The molecule has 4 saturated carbocycles. The van der Waals surface area contributed by atoms with Crippen LogP contribution < -0.4 is 0 Å². The quantitative estimate of drug-likeness (QED) is 0.357. The topological polar surface area (TPSA) is 98.5 Å². The van der Waals surface area contributed by atoms with E-state index in [0.717, 1.165) is 44.9 Å². The summed E-state index contributed by atoms with van der Waals surface area (Å²) in [6.45, 7) is 22.1. The van der Waals surface area contributed by atoms with Gasteiger partial charge in [0, 0.05) is 29.8 Å². The largest absolute Gasteiger partial charge is 0.465 e. The van der Waals surface area contributed by atoms with Crippen molar-refractivity contribution in [1.82, 2.24) is 4.90 Å². The molecule has 5 rings (SSSR count). The molecule has 232 valence electrons. The van der Waals surface area contributed by atoms with Crippen LogP contribution in [0.3, 0.4) is 0 Å². The minimum Gasteiger partial charge on any atom is -0.465 e. The number of fused-ring (bicyclic) bond motifs is 7. The summed E-state index contributed by atoms with van der Waals surface area (Å²) < 4.78 is 0. The molecular formula is C36H54N2O4. The molecule has 0 aliphatic heterocycles. The van der Waals surface area contributed by atoms with E-state index in [9.17, 15) is 24.8 Å². The Morgan fingerprint density at radius 3 is 2.17 bits per heavy atom. The summed E-state index contributed by atoms with van der Waals surface area (Å²) in [5.74, 6) is 0.439. The van der Waals surface area contributed by atoms with Crippen molar-refractivity contribution in [1.29, 1.82) is 5.26 Å². The number of nitrogens with zero attached hydrogens (tertiary/aromatic N) is 2. The van der Waals surface area contributed by atoms with Crippen LogP contribution in [-0.2, 0) is 9.59 Å². The van der Waals surface area contributed by atoms with Gasteiger partial charge in [-0.25, -0.2) is 4.79 Å². The van der Waals surface area contributed by atoms with Gasteiger partial charge in [0.15, 0.2) is 5.78 Å². The number of allylic oxidation sites excluding steroid dienone is 2. The number of carboxylic acid groups (broad SMARTS) is 1. The Hall–Kier alpha value is -2.16. The van der Waals surface area contributed by atoms with Gasteiger partial charge in [-0.2, -0.15) is 5.26 Å². The zero-order valence-corrected chi connectivity index (χ0v) is 27.8. The number of hydrogen-bond donors (Lipinski definition) is 1. The molecule has 1 amide bonds. The van der Waals surface area contributed by atoms with E-state index in [1.165, 1.54) is 0 Å². The van der Waals surface area contributed by atoms with Crippen LogP contribution >= 0.6 is 0 Å². The highest BCUT2D eigenvalue weighted by atomic mass is 16.4. The number of carbonyl (C=O) groups excluding carboxylic acids is 2. The molecule has 0 aromatic carbocycles. The van der Waals surface area contributed by atoms with Gasteiger partial charge >= 0.3 is 6.09 Å². The van der Waals surface area contributed by atoms with Gasteiger partial charge < -0.3 is 10.0 Å². The number of ketones is 2. The zero-order valence-electron chi connectivity index (χ0n) is 27.8. The molecular weight excluding hydrogens is 524 g/mol. The average molecular weight is 579 g/mol. The van der Waals surface area contributed by atoms with Gasteiger partial charge in [0.1, 0.15) is 11.9 Å². The first-order valence-corrected chi connectivity index (χ1v) is 16.3. The molecule has 42 heavy (non-hydrogen) atoms. The van der Waals surface area contributed by atoms with Crippen LogP contribution in [-0.4, -0.2) is 39.7 Å². The summed E-state index contributed by atoms with van der Waals surface area (Å²) in [5, 5.41) is 20.3. The van der Waals surface area contributed by atoms with E-state index in [1.807, 2.05) is 40.7 Å². The fourth-order valence-electron chi connectivity index (χ4n) is 11.6. The highest BCUT2D eigenvalue weighted by Gasteiger charge is 2.72. The Bertz CT molecular complexity index is 1280. The Kier molecular flexibility index (Phi) is 6.83. The van der Waals surface area contributed by atoms with Gasteiger partial charge in [0.2, 0.25) is 0 Å². The maximum atomic E-state index is 14.8. The summed E-state index contributed by atoms with van der Waals surface area (Å²) in [6.07, 6.45) is 8.21. The Labute approximate surface area is 253 Å². The van der Waals surface area contributed by atoms with E-state index in [-0.39, 0.29) is 56.7 Å². The first kappa shape index (κ1) is 31.3. The smallest absolute Gasteiger partial charge is 0.407 e. The molecule has 8 atom stereocenters. The third-order valence-electron chi connectivity index (χ3n) is 14.2. The van der Waals surface area contributed by atoms with Gasteiger partial charge in [-0.3, -0.25) is 9.59 Å². The average Bonchev–Trinajstić information content (AvgIpc) is 2.85. The molecule has 0 radical (unpaired) electrons. The number of hydrogen-bond acceptors (Lipinski definition) is 4. The van der Waals surface area contributed by atoms with Crippen molar-refractivity contribution >= 4 is 17.7 Å². The molecule has 0 saturated heterocycles. The molecule has 4 fully saturated rings. The van der Waals surface area contributed by atoms with Crippen LogP contribution in [0.1, 0.15) is 121 Å². The molecule has 0 bridgehead atoms. The molecule has 0 aromatic heterocycles. The van der Waals surface area contributed by atoms with Crippen LogP contribution in [0.2, 0.25) is 0 Å². The Morgan fingerprint density at radius 1 is 0.976 bits per heavy atom. The predicted molar refractivity (Wildman–Crippen MR) is 163 cm³/mol. The lowest BCUT2D eigenvalue weighted by molar-refractivity contribution is -0.224. The molecule has 1 N–H and O–H groups in total. The van der Waals surface area contributed by atoms with Crippen molar-refractivity contribution in [2.45, 2.75) is 126 Å². The maximum Gasteiger partial charge on any atom is 0.407 e. The van der Waals surface area contributed by atoms with Gasteiger partial charge in [-0.1, -0.05) is 54.5 Å². The molecule has 5 aliphatic rings. The molecule has 0 heterocycles. The Morgan fingerprint density at radius 2 is 1.60 bits per heavy atom. The first-order valence-electron chi connectivity index (χ1n) is 16.3. The van der Waals surface area contributed by atoms with E-state index in [4.69, 9.17) is 0 Å². The zero-order chi connectivity index (χ0) is 31.5. The van der Waals surface area contributed by atoms with Gasteiger partial charge in [-0.15, -0.1) is 0 Å². The third kappa shape index (κ3) is 4.11. The minimum atomic E-state index is -0.878. The minimum absolute atomic E-state index is 0.0578. The summed E-state index contributed by atoms with van der Waals surface area (Å²) in [4.78, 5) is 42.3. The van der Waals surface area contributed by atoms with Crippen LogP contribution in [0.5, 0.6) is 0 Å². The summed E-state index contributed by atoms with van der Waals surface area (Å²) in [7, 11) is 0. The van der Waals surface area contributed by atoms with Crippen molar-refractivity contribution < 1.29 is 19.5 Å². The molecule has 0 spiro atoms. The molecule has 0 aromatic rings. The number of rotatable bonds is 2. The van der Waals surface area contributed by atoms with Crippen molar-refractivity contribution in [3.8, 4) is 6.07 Å². The van der Waals surface area contributed by atoms with Crippen molar-refractivity contribution in [3.05, 3.63) is 11.6 Å². The second-order valence-electron chi connectivity index (χ2n) is 18.1. The highest BCUT2D eigenvalue weighted by Crippen LogP contribution is 2.75. The van der Waals surface area contributed by atoms with Crippen molar-refractivity contribution in [3.63, 3.8) is 0 Å². The highest BCUT2D eigenvalue weighted by molar-refractivity contribution is 6.04. The second kappa shape index (κ2) is 9.18. The van der Waals surface area contributed by atoms with Gasteiger partial charge in [0.05, 0.1) is 5.57 Å². The lowest BCUT2D eigenvalue weighted by Crippen LogP contribution is -2.69. The number of amides is 1. The number of Topliss-reactive ketones (excluding diaryl/α,β-unsaturated/α-hetero) is 2. The molecule has 2 unspecified atom stereocenters. The standard InChI is InChI=1S/C36H54N2O4/c1-30(2,3)38(29(41)42)21-36-15-13-31(4,5)19-23(36)27-24(39)17-26-33(8)18-22(20-37)28(40)32(6,7)25(33)11-12-34(26,9)35(27,10)14-16-36/h18,23,25-27H,11-17,19,21H2,1-10H3,(H,41,42)/t23-,25?,26?,27-,33-,34+,35+,36+/m0/s1. The number of carbonyl (C=O) groups is 3. The van der Waals surface area contributed by atoms with Gasteiger partial charge in [-0.05, 0) is 111 Å². The summed E-state index contributed by atoms with van der Waals surface area (Å²) >= 11 is 0. The summed E-state index contributed by atoms with van der Waals surface area (Å²) in [5.41, 5.74) is -1.78. The van der Waals surface area contributed by atoms with Crippen LogP contribution in [0.25, 0.3) is 0 Å². The first-order chi connectivity index (χ1) is 19.1. The van der Waals surface area contributed by atoms with E-state index in [1.54, 1.807) is 4.90 Å². The van der Waals surface area contributed by atoms with E-state index < -0.39 is 22.5 Å². The van der Waals surface area contributed by atoms with E-state index in [0.29, 0.717) is 18.7 Å². The van der Waals surface area contributed by atoms with Crippen molar-refractivity contribution in [2.75, 3.05) is 6.54 Å². The fourth-order valence-corrected chi connectivity index (χ4v) is 11.6. The van der Waals surface area contributed by atoms with E-state index >= 15 is 0 Å². The lowest BCUT2D eigenvalue weighted by atomic mass is 9.31. The van der Waals surface area contributed by atoms with Crippen LogP contribution in [0.15, 0.2) is 11.6 Å². The number of nitriles is 1. The third-order valence-corrected chi connectivity index (χ3v) is 14.2.